The SMILES string of the molecule is CN1C(=O)c2ccccc2NC(c2cccc3ccccc23)N1C. The summed E-state index contributed by atoms with van der Waals surface area (Å²) in [6.45, 7) is 0. The van der Waals surface area contributed by atoms with Crippen LogP contribution in [0, 0.1) is 0 Å². The minimum Gasteiger partial charge on any atom is -0.364 e. The Morgan fingerprint density at radius 2 is 1.58 bits per heavy atom. The van der Waals surface area contributed by atoms with Gasteiger partial charge >= 0.3 is 0 Å². The van der Waals surface area contributed by atoms with Crippen LogP contribution in [0.3, 0.4) is 0 Å². The van der Waals surface area contributed by atoms with E-state index in [9.17, 15) is 4.79 Å². The second kappa shape index (κ2) is 5.65. The van der Waals surface area contributed by atoms with Gasteiger partial charge in [-0.05, 0) is 28.5 Å². The molecule has 1 atom stereocenters. The van der Waals surface area contributed by atoms with Crippen LogP contribution in [-0.4, -0.2) is 30.0 Å². The van der Waals surface area contributed by atoms with Gasteiger partial charge < -0.3 is 5.32 Å². The second-order valence-corrected chi connectivity index (χ2v) is 6.06. The van der Waals surface area contributed by atoms with Gasteiger partial charge in [-0.3, -0.25) is 9.80 Å². The topological polar surface area (TPSA) is 35.6 Å². The van der Waals surface area contributed by atoms with Gasteiger partial charge in [-0.1, -0.05) is 54.6 Å². The molecule has 0 aromatic heterocycles. The molecule has 1 N–H and O–H groups in total. The number of hydrogen-bond donors (Lipinski definition) is 1. The molecule has 24 heavy (non-hydrogen) atoms. The summed E-state index contributed by atoms with van der Waals surface area (Å²) in [5.41, 5.74) is 2.69. The highest BCUT2D eigenvalue weighted by molar-refractivity contribution is 6.00. The standard InChI is InChI=1S/C20H19N3O/c1-22-19(16-12-7-9-14-8-3-4-10-15(14)16)21-18-13-6-5-11-17(18)20(24)23(22)2/h3-13,19,21H,1-2H3. The van der Waals surface area contributed by atoms with E-state index in [2.05, 4.69) is 35.6 Å². The number of para-hydroxylation sites is 1. The molecule has 0 fully saturated rings. The third kappa shape index (κ3) is 2.23. The molecule has 1 amide bonds. The molecular weight excluding hydrogens is 298 g/mol. The zero-order chi connectivity index (χ0) is 16.7. The Balaban J connectivity index is 1.89. The molecule has 1 aliphatic heterocycles. The predicted octanol–water partition coefficient (Wildman–Crippen LogP) is 3.88. The van der Waals surface area contributed by atoms with Gasteiger partial charge in [-0.2, -0.15) is 5.01 Å². The number of nitrogens with zero attached hydrogens (tertiary/aromatic N) is 2. The van der Waals surface area contributed by atoms with Crippen molar-refractivity contribution in [3.05, 3.63) is 77.9 Å². The molecule has 0 saturated heterocycles. The quantitative estimate of drug-likeness (QED) is 0.740. The zero-order valence-electron chi connectivity index (χ0n) is 13.7. The fraction of sp³-hybridized carbons (Fsp3) is 0.150. The average molecular weight is 317 g/mol. The Labute approximate surface area is 141 Å². The maximum atomic E-state index is 12.7. The van der Waals surface area contributed by atoms with Gasteiger partial charge in [0.15, 0.2) is 0 Å². The summed E-state index contributed by atoms with van der Waals surface area (Å²) < 4.78 is 0. The van der Waals surface area contributed by atoms with Crippen LogP contribution in [-0.2, 0) is 0 Å². The lowest BCUT2D eigenvalue weighted by molar-refractivity contribution is 0.00522. The van der Waals surface area contributed by atoms with Crippen LogP contribution < -0.4 is 5.32 Å². The maximum absolute atomic E-state index is 12.7. The Kier molecular flexibility index (Phi) is 3.47. The highest BCUT2D eigenvalue weighted by atomic mass is 16.2. The Hall–Kier alpha value is -2.85. The summed E-state index contributed by atoms with van der Waals surface area (Å²) in [5, 5.41) is 9.54. The lowest BCUT2D eigenvalue weighted by atomic mass is 10.0. The van der Waals surface area contributed by atoms with Crippen LogP contribution in [0.2, 0.25) is 0 Å². The van der Waals surface area contributed by atoms with E-state index in [0.717, 1.165) is 11.3 Å². The number of anilines is 1. The van der Waals surface area contributed by atoms with E-state index in [1.165, 1.54) is 10.8 Å². The van der Waals surface area contributed by atoms with Gasteiger partial charge in [-0.25, -0.2) is 0 Å². The number of carbonyl (C=O) groups is 1. The molecule has 4 nitrogen and oxygen atoms in total. The summed E-state index contributed by atoms with van der Waals surface area (Å²) in [7, 11) is 3.74. The molecule has 1 aliphatic rings. The van der Waals surface area contributed by atoms with Crippen molar-refractivity contribution in [1.29, 1.82) is 0 Å². The third-order valence-electron chi connectivity index (χ3n) is 4.71. The Morgan fingerprint density at radius 1 is 0.875 bits per heavy atom. The minimum atomic E-state index is -0.131. The number of hydrogen-bond acceptors (Lipinski definition) is 3. The van der Waals surface area contributed by atoms with E-state index in [4.69, 9.17) is 0 Å². The van der Waals surface area contributed by atoms with Crippen molar-refractivity contribution in [3.63, 3.8) is 0 Å². The number of carbonyl (C=O) groups excluding carboxylic acids is 1. The third-order valence-corrected chi connectivity index (χ3v) is 4.71. The van der Waals surface area contributed by atoms with Crippen molar-refractivity contribution in [1.82, 2.24) is 10.0 Å². The van der Waals surface area contributed by atoms with E-state index in [1.807, 2.05) is 55.5 Å². The van der Waals surface area contributed by atoms with Crippen LogP contribution in [0.15, 0.2) is 66.7 Å². The van der Waals surface area contributed by atoms with Gasteiger partial charge in [0.2, 0.25) is 0 Å². The summed E-state index contributed by atoms with van der Waals surface area (Å²) in [5.74, 6) is -0.0108. The van der Waals surface area contributed by atoms with Crippen LogP contribution >= 0.6 is 0 Å². The predicted molar refractivity (Wildman–Crippen MR) is 96.6 cm³/mol. The number of nitrogens with one attached hydrogen (secondary N) is 1. The average Bonchev–Trinajstić information content (AvgIpc) is 2.72. The number of amides is 1. The summed E-state index contributed by atoms with van der Waals surface area (Å²) in [6, 6.07) is 22.3. The van der Waals surface area contributed by atoms with Crippen LogP contribution in [0.1, 0.15) is 22.1 Å². The monoisotopic (exact) mass is 317 g/mol. The minimum absolute atomic E-state index is 0.0108. The fourth-order valence-electron chi connectivity index (χ4n) is 3.29. The summed E-state index contributed by atoms with van der Waals surface area (Å²) in [6.07, 6.45) is -0.131. The first-order valence-corrected chi connectivity index (χ1v) is 8.01. The van der Waals surface area contributed by atoms with E-state index in [-0.39, 0.29) is 12.1 Å². The molecule has 120 valence electrons. The Morgan fingerprint density at radius 3 is 2.46 bits per heavy atom. The Bertz CT molecular complexity index is 916. The molecule has 4 rings (SSSR count). The highest BCUT2D eigenvalue weighted by Gasteiger charge is 2.30. The van der Waals surface area contributed by atoms with Gasteiger partial charge in [0.1, 0.15) is 6.17 Å². The lowest BCUT2D eigenvalue weighted by Gasteiger charge is -2.33. The molecule has 0 aliphatic carbocycles. The van der Waals surface area contributed by atoms with E-state index in [0.29, 0.717) is 5.56 Å². The van der Waals surface area contributed by atoms with Gasteiger partial charge in [0, 0.05) is 19.8 Å². The van der Waals surface area contributed by atoms with Gasteiger partial charge in [0.25, 0.3) is 5.91 Å². The van der Waals surface area contributed by atoms with Crippen molar-refractivity contribution in [2.75, 3.05) is 19.4 Å². The van der Waals surface area contributed by atoms with Crippen molar-refractivity contribution >= 4 is 22.4 Å². The highest BCUT2D eigenvalue weighted by Crippen LogP contribution is 2.33. The number of benzene rings is 3. The fourth-order valence-corrected chi connectivity index (χ4v) is 3.29. The molecule has 1 heterocycles. The first-order chi connectivity index (χ1) is 11.7. The first kappa shape index (κ1) is 14.7. The van der Waals surface area contributed by atoms with Crippen molar-refractivity contribution in [2.24, 2.45) is 0 Å². The normalized spacial score (nSPS) is 18.2. The van der Waals surface area contributed by atoms with Crippen molar-refractivity contribution in [3.8, 4) is 0 Å². The van der Waals surface area contributed by atoms with Crippen molar-refractivity contribution < 1.29 is 4.79 Å². The molecule has 1 unspecified atom stereocenters. The first-order valence-electron chi connectivity index (χ1n) is 8.01. The molecule has 3 aromatic rings. The molecule has 4 heteroatoms. The second-order valence-electron chi connectivity index (χ2n) is 6.06. The summed E-state index contributed by atoms with van der Waals surface area (Å²) >= 11 is 0. The van der Waals surface area contributed by atoms with E-state index in [1.54, 1.807) is 5.01 Å². The van der Waals surface area contributed by atoms with E-state index < -0.39 is 0 Å². The number of fused-ring (bicyclic) bond motifs is 2. The summed E-state index contributed by atoms with van der Waals surface area (Å²) in [4.78, 5) is 12.7. The van der Waals surface area contributed by atoms with Crippen LogP contribution in [0.5, 0.6) is 0 Å². The molecular formula is C20H19N3O. The van der Waals surface area contributed by atoms with Crippen molar-refractivity contribution in [2.45, 2.75) is 6.17 Å². The molecule has 0 saturated carbocycles. The van der Waals surface area contributed by atoms with Crippen LogP contribution in [0.4, 0.5) is 5.69 Å². The molecule has 3 aromatic carbocycles. The van der Waals surface area contributed by atoms with Crippen LogP contribution in [0.25, 0.3) is 10.8 Å². The molecule has 0 radical (unpaired) electrons. The smallest absolute Gasteiger partial charge is 0.270 e. The van der Waals surface area contributed by atoms with Gasteiger partial charge in [0.05, 0.1) is 5.56 Å². The number of rotatable bonds is 1. The molecule has 0 spiro atoms. The zero-order valence-corrected chi connectivity index (χ0v) is 13.7. The largest absolute Gasteiger partial charge is 0.364 e. The molecule has 0 bridgehead atoms. The maximum Gasteiger partial charge on any atom is 0.270 e. The number of hydrazine groups is 1. The lowest BCUT2D eigenvalue weighted by Crippen LogP contribution is -2.43. The van der Waals surface area contributed by atoms with E-state index >= 15 is 0 Å². The van der Waals surface area contributed by atoms with Gasteiger partial charge in [-0.15, -0.1) is 0 Å².